The first-order chi connectivity index (χ1) is 9.10. The minimum atomic E-state index is -3.58. The fourth-order valence-electron chi connectivity index (χ4n) is 1.95. The third-order valence-electron chi connectivity index (χ3n) is 3.02. The molecule has 0 spiro atoms. The Morgan fingerprint density at radius 3 is 2.89 bits per heavy atom. The SMILES string of the molecule is NCc1cc(S(=O)(=O)Nc2nccs2)cn1C1CC1. The van der Waals surface area contributed by atoms with Crippen LogP contribution in [0, 0.1) is 0 Å². The maximum Gasteiger partial charge on any atom is 0.265 e. The van der Waals surface area contributed by atoms with Crippen molar-refractivity contribution < 1.29 is 8.42 Å². The molecule has 19 heavy (non-hydrogen) atoms. The Labute approximate surface area is 115 Å². The molecule has 1 aliphatic rings. The summed E-state index contributed by atoms with van der Waals surface area (Å²) in [5.41, 5.74) is 6.51. The molecule has 0 bridgehead atoms. The summed E-state index contributed by atoms with van der Waals surface area (Å²) in [5, 5.41) is 2.09. The number of hydrogen-bond donors (Lipinski definition) is 2. The number of rotatable bonds is 5. The zero-order chi connectivity index (χ0) is 13.5. The van der Waals surface area contributed by atoms with Crippen molar-refractivity contribution in [2.24, 2.45) is 5.73 Å². The van der Waals surface area contributed by atoms with Crippen molar-refractivity contribution in [1.82, 2.24) is 9.55 Å². The second kappa shape index (κ2) is 4.62. The van der Waals surface area contributed by atoms with Crippen molar-refractivity contribution in [3.05, 3.63) is 29.5 Å². The number of hydrogen-bond acceptors (Lipinski definition) is 5. The van der Waals surface area contributed by atoms with Gasteiger partial charge in [0.2, 0.25) is 0 Å². The molecule has 1 fully saturated rings. The molecule has 6 nitrogen and oxygen atoms in total. The Morgan fingerprint density at radius 2 is 2.32 bits per heavy atom. The number of anilines is 1. The zero-order valence-corrected chi connectivity index (χ0v) is 11.7. The average Bonchev–Trinajstić information content (AvgIpc) is 2.91. The topological polar surface area (TPSA) is 90.0 Å². The summed E-state index contributed by atoms with van der Waals surface area (Å²) in [6.07, 6.45) is 5.39. The molecular formula is C11H14N4O2S2. The van der Waals surface area contributed by atoms with Gasteiger partial charge in [-0.05, 0) is 18.9 Å². The second-order valence-electron chi connectivity index (χ2n) is 4.45. The van der Waals surface area contributed by atoms with Crippen molar-refractivity contribution in [1.29, 1.82) is 0 Å². The lowest BCUT2D eigenvalue weighted by Gasteiger charge is -2.03. The molecule has 0 atom stereocenters. The lowest BCUT2D eigenvalue weighted by Crippen LogP contribution is -2.12. The highest BCUT2D eigenvalue weighted by Gasteiger charge is 2.28. The third kappa shape index (κ3) is 2.51. The van der Waals surface area contributed by atoms with Gasteiger partial charge in [0.05, 0.1) is 0 Å². The van der Waals surface area contributed by atoms with E-state index in [4.69, 9.17) is 5.73 Å². The quantitative estimate of drug-likeness (QED) is 0.876. The van der Waals surface area contributed by atoms with Crippen LogP contribution in [0.5, 0.6) is 0 Å². The molecule has 102 valence electrons. The molecule has 1 saturated carbocycles. The Balaban J connectivity index is 1.92. The van der Waals surface area contributed by atoms with Gasteiger partial charge in [-0.1, -0.05) is 0 Å². The molecule has 1 aliphatic carbocycles. The van der Waals surface area contributed by atoms with Crippen molar-refractivity contribution in [3.63, 3.8) is 0 Å². The largest absolute Gasteiger partial charge is 0.346 e. The van der Waals surface area contributed by atoms with E-state index >= 15 is 0 Å². The summed E-state index contributed by atoms with van der Waals surface area (Å²) in [7, 11) is -3.58. The molecule has 2 heterocycles. The van der Waals surface area contributed by atoms with Gasteiger partial charge in [-0.15, -0.1) is 11.3 Å². The lowest BCUT2D eigenvalue weighted by molar-refractivity contribution is 0.600. The molecular weight excluding hydrogens is 284 g/mol. The van der Waals surface area contributed by atoms with Crippen LogP contribution in [0.15, 0.2) is 28.7 Å². The normalized spacial score (nSPS) is 15.6. The number of sulfonamides is 1. The van der Waals surface area contributed by atoms with E-state index in [1.165, 1.54) is 11.3 Å². The fourth-order valence-corrected chi connectivity index (χ4v) is 3.79. The molecule has 2 aromatic heterocycles. The minimum Gasteiger partial charge on any atom is -0.346 e. The van der Waals surface area contributed by atoms with Gasteiger partial charge in [-0.2, -0.15) is 0 Å². The highest BCUT2D eigenvalue weighted by molar-refractivity contribution is 7.93. The predicted octanol–water partition coefficient (Wildman–Crippen LogP) is 1.54. The molecule has 0 amide bonds. The fraction of sp³-hybridized carbons (Fsp3) is 0.364. The second-order valence-corrected chi connectivity index (χ2v) is 7.03. The number of nitrogens with two attached hydrogens (primary N) is 1. The molecule has 3 rings (SSSR count). The van der Waals surface area contributed by atoms with Crippen molar-refractivity contribution in [3.8, 4) is 0 Å². The first-order valence-corrected chi connectivity index (χ1v) is 8.29. The Hall–Kier alpha value is -1.38. The Bertz CT molecular complexity index is 672. The van der Waals surface area contributed by atoms with E-state index in [0.717, 1.165) is 18.5 Å². The first-order valence-electron chi connectivity index (χ1n) is 5.93. The van der Waals surface area contributed by atoms with Gasteiger partial charge < -0.3 is 10.3 Å². The molecule has 2 aromatic rings. The van der Waals surface area contributed by atoms with Crippen LogP contribution in [0.4, 0.5) is 5.13 Å². The number of nitrogens with one attached hydrogen (secondary N) is 1. The van der Waals surface area contributed by atoms with Crippen LogP contribution in [-0.2, 0) is 16.6 Å². The highest BCUT2D eigenvalue weighted by Crippen LogP contribution is 2.37. The maximum atomic E-state index is 12.2. The standard InChI is InChI=1S/C11H14N4O2S2/c12-6-9-5-10(7-15(9)8-1-2-8)19(16,17)14-11-13-3-4-18-11/h3-5,7-8H,1-2,6,12H2,(H,13,14). The van der Waals surface area contributed by atoms with Gasteiger partial charge in [0.25, 0.3) is 10.0 Å². The average molecular weight is 298 g/mol. The smallest absolute Gasteiger partial charge is 0.265 e. The molecule has 0 unspecified atom stereocenters. The van der Waals surface area contributed by atoms with Crippen LogP contribution >= 0.6 is 11.3 Å². The third-order valence-corrected chi connectivity index (χ3v) is 5.14. The van der Waals surface area contributed by atoms with Gasteiger partial charge in [0.15, 0.2) is 5.13 Å². The number of aromatic nitrogens is 2. The van der Waals surface area contributed by atoms with Gasteiger partial charge in [-0.25, -0.2) is 13.4 Å². The Morgan fingerprint density at radius 1 is 1.53 bits per heavy atom. The number of nitrogens with zero attached hydrogens (tertiary/aromatic N) is 2. The maximum absolute atomic E-state index is 12.2. The van der Waals surface area contributed by atoms with Gasteiger partial charge in [0, 0.05) is 36.1 Å². The minimum absolute atomic E-state index is 0.245. The number of thiazole rings is 1. The van der Waals surface area contributed by atoms with Crippen LogP contribution in [-0.4, -0.2) is 18.0 Å². The molecule has 8 heteroatoms. The highest BCUT2D eigenvalue weighted by atomic mass is 32.2. The van der Waals surface area contributed by atoms with Crippen LogP contribution < -0.4 is 10.5 Å². The first kappa shape index (κ1) is 12.6. The van der Waals surface area contributed by atoms with Crippen molar-refractivity contribution in [2.75, 3.05) is 4.72 Å². The van der Waals surface area contributed by atoms with Gasteiger partial charge in [-0.3, -0.25) is 4.72 Å². The van der Waals surface area contributed by atoms with E-state index in [1.54, 1.807) is 23.8 Å². The summed E-state index contributed by atoms with van der Waals surface area (Å²) in [6.45, 7) is 0.337. The summed E-state index contributed by atoms with van der Waals surface area (Å²) < 4.78 is 28.9. The molecule has 0 radical (unpaired) electrons. The van der Waals surface area contributed by atoms with Crippen LogP contribution in [0.3, 0.4) is 0 Å². The summed E-state index contributed by atoms with van der Waals surface area (Å²) in [5.74, 6) is 0. The van der Waals surface area contributed by atoms with E-state index in [-0.39, 0.29) is 4.90 Å². The monoisotopic (exact) mass is 298 g/mol. The van der Waals surface area contributed by atoms with E-state index in [2.05, 4.69) is 9.71 Å². The molecule has 0 saturated heterocycles. The predicted molar refractivity (Wildman–Crippen MR) is 73.5 cm³/mol. The van der Waals surface area contributed by atoms with E-state index in [9.17, 15) is 8.42 Å². The van der Waals surface area contributed by atoms with Crippen LogP contribution in [0.25, 0.3) is 0 Å². The Kier molecular flexibility index (Phi) is 3.08. The molecule has 3 N–H and O–H groups in total. The molecule has 0 aromatic carbocycles. The van der Waals surface area contributed by atoms with E-state index < -0.39 is 10.0 Å². The molecule has 0 aliphatic heterocycles. The van der Waals surface area contributed by atoms with Crippen molar-refractivity contribution in [2.45, 2.75) is 30.3 Å². The van der Waals surface area contributed by atoms with Crippen LogP contribution in [0.2, 0.25) is 0 Å². The van der Waals surface area contributed by atoms with Crippen LogP contribution in [0.1, 0.15) is 24.6 Å². The zero-order valence-electron chi connectivity index (χ0n) is 10.1. The van der Waals surface area contributed by atoms with E-state index in [1.807, 2.05) is 4.57 Å². The van der Waals surface area contributed by atoms with Crippen molar-refractivity contribution >= 4 is 26.5 Å². The lowest BCUT2D eigenvalue weighted by atomic mass is 10.4. The summed E-state index contributed by atoms with van der Waals surface area (Å²) in [6, 6.07) is 2.04. The van der Waals surface area contributed by atoms with E-state index in [0.29, 0.717) is 17.7 Å². The summed E-state index contributed by atoms with van der Waals surface area (Å²) >= 11 is 1.25. The van der Waals surface area contributed by atoms with Gasteiger partial charge in [0.1, 0.15) is 4.90 Å². The van der Waals surface area contributed by atoms with Gasteiger partial charge >= 0.3 is 0 Å². The summed E-state index contributed by atoms with van der Waals surface area (Å²) in [4.78, 5) is 4.17.